The molecular weight excluding hydrogens is 357 g/mol. The van der Waals surface area contributed by atoms with Crippen LogP contribution in [0.25, 0.3) is 0 Å². The van der Waals surface area contributed by atoms with Gasteiger partial charge in [-0.05, 0) is 32.1 Å². The molecule has 0 aromatic heterocycles. The minimum absolute atomic E-state index is 0.357. The van der Waals surface area contributed by atoms with Crippen LogP contribution in [0, 0.1) is 0 Å². The van der Waals surface area contributed by atoms with Gasteiger partial charge in [0, 0.05) is 6.42 Å². The van der Waals surface area contributed by atoms with Gasteiger partial charge in [-0.2, -0.15) is 0 Å². The first-order valence-corrected chi connectivity index (χ1v) is 12.8. The van der Waals surface area contributed by atoms with Crippen molar-refractivity contribution in [3.05, 3.63) is 12.2 Å². The van der Waals surface area contributed by atoms with Crippen molar-refractivity contribution in [1.82, 2.24) is 0 Å². The van der Waals surface area contributed by atoms with Gasteiger partial charge in [0.2, 0.25) is 0 Å². The second kappa shape index (κ2) is 15.7. The molecule has 162 valence electrons. The van der Waals surface area contributed by atoms with Crippen LogP contribution in [-0.2, 0) is 9.09 Å². The second-order valence-electron chi connectivity index (χ2n) is 8.63. The van der Waals surface area contributed by atoms with Crippen LogP contribution >= 0.6 is 7.60 Å². The molecule has 0 aromatic rings. The molecule has 5 heteroatoms. The van der Waals surface area contributed by atoms with E-state index in [1.165, 1.54) is 57.8 Å². The molecule has 0 aliphatic carbocycles. The Balaban J connectivity index is 3.63. The lowest BCUT2D eigenvalue weighted by atomic mass is 10.1. The third-order valence-corrected chi connectivity index (χ3v) is 7.43. The number of unbranched alkanes of at least 4 members (excludes halogenated alkanes) is 10. The zero-order valence-corrected chi connectivity index (χ0v) is 19.7. The molecule has 0 heterocycles. The Labute approximate surface area is 169 Å². The predicted octanol–water partition coefficient (Wildman–Crippen LogP) is 6.89. The zero-order valence-electron chi connectivity index (χ0n) is 18.8. The fourth-order valence-electron chi connectivity index (χ4n) is 3.49. The Morgan fingerprint density at radius 2 is 1.33 bits per heavy atom. The molecule has 0 radical (unpaired) electrons. The fraction of sp³-hybridized carbons (Fsp3) is 0.909. The lowest BCUT2D eigenvalue weighted by molar-refractivity contribution is -0.883. The normalized spacial score (nSPS) is 15.9. The number of quaternary nitrogens is 1. The van der Waals surface area contributed by atoms with Crippen molar-refractivity contribution in [2.45, 2.75) is 103 Å². The molecule has 0 aliphatic heterocycles. The number of allylic oxidation sites excluding steroid dienone is 2. The van der Waals surface area contributed by atoms with Crippen LogP contribution in [0.4, 0.5) is 0 Å². The molecule has 0 bridgehead atoms. The minimum Gasteiger partial charge on any atom is -0.320 e. The van der Waals surface area contributed by atoms with E-state index >= 15 is 0 Å². The molecule has 0 amide bonds. The highest BCUT2D eigenvalue weighted by atomic mass is 31.2. The summed E-state index contributed by atoms with van der Waals surface area (Å²) in [7, 11) is 2.27. The molecule has 0 spiro atoms. The van der Waals surface area contributed by atoms with Crippen molar-refractivity contribution in [3.8, 4) is 0 Å². The van der Waals surface area contributed by atoms with Crippen LogP contribution in [0.1, 0.15) is 97.3 Å². The molecular formula is C22H47NO3P+. The van der Waals surface area contributed by atoms with Crippen LogP contribution < -0.4 is 0 Å². The number of hydrogen-bond acceptors (Lipinski definition) is 2. The van der Waals surface area contributed by atoms with Crippen molar-refractivity contribution in [2.24, 2.45) is 0 Å². The van der Waals surface area contributed by atoms with E-state index in [9.17, 15) is 9.46 Å². The molecule has 0 saturated carbocycles. The maximum atomic E-state index is 12.4. The summed E-state index contributed by atoms with van der Waals surface area (Å²) < 4.78 is 18.3. The summed E-state index contributed by atoms with van der Waals surface area (Å²) in [5.74, 6) is -0.357. The van der Waals surface area contributed by atoms with E-state index in [1.54, 1.807) is 0 Å². The van der Waals surface area contributed by atoms with Gasteiger partial charge in [0.25, 0.3) is 0 Å². The molecule has 0 rings (SSSR count). The van der Waals surface area contributed by atoms with Gasteiger partial charge in [-0.1, -0.05) is 70.9 Å². The van der Waals surface area contributed by atoms with E-state index < -0.39 is 7.60 Å². The van der Waals surface area contributed by atoms with Crippen LogP contribution in [-0.4, -0.2) is 42.9 Å². The Hall–Kier alpha value is -0.150. The molecule has 1 N–H and O–H groups in total. The van der Waals surface area contributed by atoms with Crippen molar-refractivity contribution in [3.63, 3.8) is 0 Å². The molecule has 0 aromatic carbocycles. The van der Waals surface area contributed by atoms with Crippen molar-refractivity contribution in [2.75, 3.05) is 27.7 Å². The van der Waals surface area contributed by atoms with Crippen molar-refractivity contribution >= 4 is 7.60 Å². The summed E-state index contributed by atoms with van der Waals surface area (Å²) in [6.45, 7) is 4.58. The van der Waals surface area contributed by atoms with Gasteiger partial charge in [0.05, 0.1) is 27.7 Å². The summed E-state index contributed by atoms with van der Waals surface area (Å²) in [6.07, 6.45) is 20.2. The van der Waals surface area contributed by atoms with E-state index in [4.69, 9.17) is 4.52 Å². The number of rotatable bonds is 18. The first-order valence-electron chi connectivity index (χ1n) is 11.2. The topological polar surface area (TPSA) is 46.5 Å². The summed E-state index contributed by atoms with van der Waals surface area (Å²) in [5, 5.41) is 0. The van der Waals surface area contributed by atoms with Gasteiger partial charge >= 0.3 is 7.60 Å². The maximum Gasteiger partial charge on any atom is 0.385 e. The van der Waals surface area contributed by atoms with Gasteiger partial charge < -0.3 is 13.9 Å². The Bertz CT molecular complexity index is 418. The molecule has 4 nitrogen and oxygen atoms in total. The Kier molecular flexibility index (Phi) is 15.6. The van der Waals surface area contributed by atoms with Gasteiger partial charge in [0.1, 0.15) is 0 Å². The minimum atomic E-state index is -3.56. The van der Waals surface area contributed by atoms with E-state index in [0.29, 0.717) is 17.5 Å². The predicted molar refractivity (Wildman–Crippen MR) is 118 cm³/mol. The lowest BCUT2D eigenvalue weighted by Crippen LogP contribution is -2.44. The zero-order chi connectivity index (χ0) is 20.6. The highest BCUT2D eigenvalue weighted by Crippen LogP contribution is 2.51. The second-order valence-corrected chi connectivity index (χ2v) is 10.6. The summed E-state index contributed by atoms with van der Waals surface area (Å²) in [4.78, 5) is 10.2. The SMILES string of the molecule is CCCCCCCCCC/C=C\CCCCOP(=O)(O)C(CC)[N+](C)(C)C. The Morgan fingerprint density at radius 3 is 1.81 bits per heavy atom. The summed E-state index contributed by atoms with van der Waals surface area (Å²) >= 11 is 0. The third-order valence-electron chi connectivity index (χ3n) is 5.07. The van der Waals surface area contributed by atoms with Crippen LogP contribution in [0.3, 0.4) is 0 Å². The molecule has 2 atom stereocenters. The number of hydrogen-bond donors (Lipinski definition) is 1. The van der Waals surface area contributed by atoms with Crippen LogP contribution in [0.15, 0.2) is 12.2 Å². The maximum absolute atomic E-state index is 12.4. The standard InChI is InChI=1S/C22H46NO3P/c1-6-8-9-10-11-12-13-14-15-16-17-18-19-20-21-26-27(24,25)22(7-2)23(3,4)5/h16-17,22H,6-15,18-21H2,1-5H3/p+1/b17-16-. The Morgan fingerprint density at radius 1 is 0.852 bits per heavy atom. The monoisotopic (exact) mass is 404 g/mol. The largest absolute Gasteiger partial charge is 0.385 e. The van der Waals surface area contributed by atoms with E-state index in [-0.39, 0.29) is 5.78 Å². The summed E-state index contributed by atoms with van der Waals surface area (Å²) in [5.41, 5.74) is 0. The van der Waals surface area contributed by atoms with E-state index in [1.807, 2.05) is 28.1 Å². The summed E-state index contributed by atoms with van der Waals surface area (Å²) in [6, 6.07) is 0. The fourth-order valence-corrected chi connectivity index (χ4v) is 5.39. The van der Waals surface area contributed by atoms with Gasteiger partial charge in [-0.25, -0.2) is 0 Å². The third kappa shape index (κ3) is 14.5. The average Bonchev–Trinajstić information content (AvgIpc) is 2.57. The first-order chi connectivity index (χ1) is 12.8. The highest BCUT2D eigenvalue weighted by molar-refractivity contribution is 7.53. The van der Waals surface area contributed by atoms with Crippen LogP contribution in [0.5, 0.6) is 0 Å². The van der Waals surface area contributed by atoms with Gasteiger partial charge in [0.15, 0.2) is 5.78 Å². The first kappa shape index (κ1) is 26.9. The van der Waals surface area contributed by atoms with Crippen molar-refractivity contribution in [1.29, 1.82) is 0 Å². The van der Waals surface area contributed by atoms with Gasteiger partial charge in [-0.3, -0.25) is 4.57 Å². The lowest BCUT2D eigenvalue weighted by Gasteiger charge is -2.35. The quantitative estimate of drug-likeness (QED) is 0.117. The molecule has 2 unspecified atom stereocenters. The van der Waals surface area contributed by atoms with Crippen LogP contribution in [0.2, 0.25) is 0 Å². The molecule has 0 fully saturated rings. The van der Waals surface area contributed by atoms with E-state index in [2.05, 4.69) is 19.1 Å². The molecule has 0 saturated heterocycles. The number of nitrogens with zero attached hydrogens (tertiary/aromatic N) is 1. The highest BCUT2D eigenvalue weighted by Gasteiger charge is 2.41. The average molecular weight is 405 g/mol. The van der Waals surface area contributed by atoms with Crippen molar-refractivity contribution < 1.29 is 18.5 Å². The smallest absolute Gasteiger partial charge is 0.320 e. The van der Waals surface area contributed by atoms with Gasteiger partial charge in [-0.15, -0.1) is 0 Å². The molecule has 0 aliphatic rings. The van der Waals surface area contributed by atoms with E-state index in [0.717, 1.165) is 19.3 Å². The molecule has 27 heavy (non-hydrogen) atoms.